The van der Waals surface area contributed by atoms with E-state index < -0.39 is 7.92 Å². The van der Waals surface area contributed by atoms with Crippen molar-refractivity contribution in [2.24, 2.45) is 0 Å². The van der Waals surface area contributed by atoms with E-state index in [0.717, 1.165) is 0 Å². The van der Waals surface area contributed by atoms with Gasteiger partial charge in [0.05, 0.1) is 0 Å². The second-order valence-corrected chi connectivity index (χ2v) is 9.03. The number of benzene rings is 3. The van der Waals surface area contributed by atoms with Crippen molar-refractivity contribution in [1.82, 2.24) is 0 Å². The van der Waals surface area contributed by atoms with E-state index in [1.54, 1.807) is 0 Å². The fraction of sp³-hybridized carbons (Fsp3) is 0.115. The Bertz CT molecular complexity index is 854. The van der Waals surface area contributed by atoms with Gasteiger partial charge in [0.15, 0.2) is 0 Å². The van der Waals surface area contributed by atoms with Crippen molar-refractivity contribution in [1.29, 1.82) is 0 Å². The van der Waals surface area contributed by atoms with Crippen molar-refractivity contribution in [3.63, 3.8) is 0 Å². The van der Waals surface area contributed by atoms with E-state index in [1.807, 2.05) is 30.3 Å². The van der Waals surface area contributed by atoms with Crippen LogP contribution in [0.5, 0.6) is 0 Å². The van der Waals surface area contributed by atoms with Gasteiger partial charge >= 0.3 is 16.5 Å². The van der Waals surface area contributed by atoms with Gasteiger partial charge in [0.2, 0.25) is 0 Å². The SMILES string of the molecule is Cc1cccc(P(c2cccc(C)c2)c2cccc(C)c2)c1.[I-].[Ni+2].c1cc[cH-]c1. The molecule has 0 aromatic heterocycles. The molecule has 0 aliphatic rings. The fourth-order valence-electron chi connectivity index (χ4n) is 3.07. The Balaban J connectivity index is 0.000000527. The van der Waals surface area contributed by atoms with Crippen LogP contribution in [0.3, 0.4) is 0 Å². The van der Waals surface area contributed by atoms with E-state index in [4.69, 9.17) is 0 Å². The molecule has 3 heteroatoms. The maximum Gasteiger partial charge on any atom is 2.00 e. The molecule has 152 valence electrons. The average Bonchev–Trinajstić information content (AvgIpc) is 3.22. The second kappa shape index (κ2) is 13.1. The molecule has 0 aliphatic heterocycles. The first-order valence-corrected chi connectivity index (χ1v) is 10.6. The molecule has 0 amide bonds. The molecular weight excluding hydrogens is 529 g/mol. The van der Waals surface area contributed by atoms with Gasteiger partial charge in [0.25, 0.3) is 0 Å². The van der Waals surface area contributed by atoms with E-state index in [2.05, 4.69) is 93.6 Å². The van der Waals surface area contributed by atoms with Gasteiger partial charge in [-0.05, 0) is 44.6 Å². The summed E-state index contributed by atoms with van der Waals surface area (Å²) >= 11 is 0. The predicted octanol–water partition coefficient (Wildman–Crippen LogP) is 2.78. The molecule has 4 aromatic carbocycles. The normalized spacial score (nSPS) is 9.66. The summed E-state index contributed by atoms with van der Waals surface area (Å²) in [7, 11) is -0.495. The van der Waals surface area contributed by atoms with Gasteiger partial charge in [0.1, 0.15) is 0 Å². The minimum atomic E-state index is -0.495. The van der Waals surface area contributed by atoms with Crippen LogP contribution in [0, 0.1) is 20.8 Å². The smallest absolute Gasteiger partial charge is 1.00 e. The van der Waals surface area contributed by atoms with Crippen molar-refractivity contribution < 1.29 is 40.5 Å². The maximum absolute atomic E-state index is 2.33. The van der Waals surface area contributed by atoms with Crippen LogP contribution in [-0.2, 0) is 16.5 Å². The number of hydrogen-bond donors (Lipinski definition) is 0. The fourth-order valence-corrected chi connectivity index (χ4v) is 5.67. The summed E-state index contributed by atoms with van der Waals surface area (Å²) in [6.07, 6.45) is 0. The van der Waals surface area contributed by atoms with Gasteiger partial charge in [-0.1, -0.05) is 89.5 Å². The third-order valence-corrected chi connectivity index (χ3v) is 6.72. The quantitative estimate of drug-likeness (QED) is 0.158. The van der Waals surface area contributed by atoms with Crippen LogP contribution in [0.2, 0.25) is 0 Å². The van der Waals surface area contributed by atoms with E-state index in [0.29, 0.717) is 0 Å². The van der Waals surface area contributed by atoms with Crippen molar-refractivity contribution in [3.05, 3.63) is 120 Å². The van der Waals surface area contributed by atoms with E-state index >= 15 is 0 Å². The first-order chi connectivity index (χ1) is 13.1. The predicted molar refractivity (Wildman–Crippen MR) is 121 cm³/mol. The molecule has 0 radical (unpaired) electrons. The monoisotopic (exact) mass is 554 g/mol. The number of aryl methyl sites for hydroxylation is 3. The molecule has 4 aromatic rings. The molecule has 0 unspecified atom stereocenters. The van der Waals surface area contributed by atoms with Crippen molar-refractivity contribution in [2.75, 3.05) is 0 Å². The largest absolute Gasteiger partial charge is 2.00 e. The Hall–Kier alpha value is -1.34. The van der Waals surface area contributed by atoms with Crippen molar-refractivity contribution in [2.45, 2.75) is 20.8 Å². The van der Waals surface area contributed by atoms with Gasteiger partial charge in [-0.25, -0.2) is 12.1 Å². The standard InChI is InChI=1S/C21H21P.C5H5.HI.Ni/c1-16-7-4-10-19(13-16)22(20-11-5-8-17(2)14-20)21-12-6-9-18(3)15-21;1-2-4-5-3-1;;/h4-15H,1-3H3;1-5H;1H;/q;-1;;+2/p-1. The molecule has 0 bridgehead atoms. The summed E-state index contributed by atoms with van der Waals surface area (Å²) in [5, 5.41) is 4.27. The van der Waals surface area contributed by atoms with Gasteiger partial charge in [-0.3, -0.25) is 0 Å². The summed E-state index contributed by atoms with van der Waals surface area (Å²) in [6, 6.07) is 36.8. The zero-order valence-corrected chi connectivity index (χ0v) is 21.0. The third-order valence-electron chi connectivity index (χ3n) is 4.34. The molecule has 4 rings (SSSR count). The average molecular weight is 555 g/mol. The summed E-state index contributed by atoms with van der Waals surface area (Å²) < 4.78 is 0. The van der Waals surface area contributed by atoms with Crippen LogP contribution in [0.25, 0.3) is 0 Å². The Morgan fingerprint density at radius 2 is 0.897 bits per heavy atom. The van der Waals surface area contributed by atoms with Gasteiger partial charge in [0, 0.05) is 0 Å². The molecule has 0 fully saturated rings. The Morgan fingerprint density at radius 3 is 1.14 bits per heavy atom. The molecule has 0 saturated heterocycles. The van der Waals surface area contributed by atoms with Crippen LogP contribution < -0.4 is 39.9 Å². The van der Waals surface area contributed by atoms with Crippen LogP contribution in [0.1, 0.15) is 16.7 Å². The van der Waals surface area contributed by atoms with Gasteiger partial charge < -0.3 is 24.0 Å². The van der Waals surface area contributed by atoms with Gasteiger partial charge in [-0.2, -0.15) is 18.2 Å². The molecule has 0 aliphatic carbocycles. The van der Waals surface area contributed by atoms with E-state index in [1.165, 1.54) is 32.6 Å². The topological polar surface area (TPSA) is 0 Å². The van der Waals surface area contributed by atoms with E-state index in [9.17, 15) is 0 Å². The molecule has 0 N–H and O–H groups in total. The zero-order chi connectivity index (χ0) is 19.1. The van der Waals surface area contributed by atoms with Crippen LogP contribution in [0.4, 0.5) is 0 Å². The molecular formula is C26H26INiP. The molecule has 0 atom stereocenters. The Morgan fingerprint density at radius 1 is 0.552 bits per heavy atom. The first kappa shape index (κ1) is 25.7. The van der Waals surface area contributed by atoms with Crippen LogP contribution in [0.15, 0.2) is 103 Å². The Kier molecular flexibility index (Phi) is 11.6. The van der Waals surface area contributed by atoms with Crippen LogP contribution in [-0.4, -0.2) is 0 Å². The molecule has 0 saturated carbocycles. The molecule has 0 nitrogen and oxygen atoms in total. The second-order valence-electron chi connectivity index (χ2n) is 6.81. The molecule has 0 spiro atoms. The minimum absolute atomic E-state index is 0. The summed E-state index contributed by atoms with van der Waals surface area (Å²) in [5.41, 5.74) is 3.97. The third kappa shape index (κ3) is 7.78. The Labute approximate surface area is 203 Å². The number of halogens is 1. The maximum atomic E-state index is 2.33. The summed E-state index contributed by atoms with van der Waals surface area (Å²) in [6.45, 7) is 6.51. The first-order valence-electron chi connectivity index (χ1n) is 9.30. The number of rotatable bonds is 3. The molecule has 0 heterocycles. The molecule has 29 heavy (non-hydrogen) atoms. The van der Waals surface area contributed by atoms with Crippen molar-refractivity contribution in [3.8, 4) is 0 Å². The van der Waals surface area contributed by atoms with Crippen molar-refractivity contribution >= 4 is 23.8 Å². The van der Waals surface area contributed by atoms with E-state index in [-0.39, 0.29) is 40.5 Å². The minimum Gasteiger partial charge on any atom is -1.00 e. The summed E-state index contributed by atoms with van der Waals surface area (Å²) in [5.74, 6) is 0. The zero-order valence-electron chi connectivity index (χ0n) is 17.0. The van der Waals surface area contributed by atoms with Gasteiger partial charge in [-0.15, -0.1) is 0 Å². The number of hydrogen-bond acceptors (Lipinski definition) is 0. The summed E-state index contributed by atoms with van der Waals surface area (Å²) in [4.78, 5) is 0. The van der Waals surface area contributed by atoms with Crippen LogP contribution >= 0.6 is 7.92 Å².